The SMILES string of the molecule is CCc1cc(Cn2cc(C(=O)OC)nn2)n(C)n1. The van der Waals surface area contributed by atoms with E-state index in [1.54, 1.807) is 15.6 Å². The van der Waals surface area contributed by atoms with Gasteiger partial charge in [-0.1, -0.05) is 12.1 Å². The van der Waals surface area contributed by atoms with Crippen LogP contribution < -0.4 is 0 Å². The van der Waals surface area contributed by atoms with Crippen molar-refractivity contribution < 1.29 is 9.53 Å². The van der Waals surface area contributed by atoms with Gasteiger partial charge in [-0.2, -0.15) is 5.10 Å². The molecule has 0 atom stereocenters. The standard InChI is InChI=1S/C11H15N5O2/c1-4-8-5-9(15(2)13-8)6-16-7-10(12-14-16)11(17)18-3/h5,7H,4,6H2,1-3H3. The van der Waals surface area contributed by atoms with E-state index >= 15 is 0 Å². The molecule has 7 heteroatoms. The molecule has 0 aliphatic heterocycles. The van der Waals surface area contributed by atoms with Crippen LogP contribution in [0.3, 0.4) is 0 Å². The number of esters is 1. The number of hydrogen-bond acceptors (Lipinski definition) is 5. The molecule has 0 unspecified atom stereocenters. The van der Waals surface area contributed by atoms with Gasteiger partial charge in [-0.3, -0.25) is 4.68 Å². The van der Waals surface area contributed by atoms with Crippen molar-refractivity contribution in [1.82, 2.24) is 24.8 Å². The van der Waals surface area contributed by atoms with Gasteiger partial charge in [0.1, 0.15) is 0 Å². The molecule has 0 bridgehead atoms. The van der Waals surface area contributed by atoms with Gasteiger partial charge in [0.15, 0.2) is 5.69 Å². The predicted octanol–water partition coefficient (Wildman–Crippen LogP) is 0.409. The Hall–Kier alpha value is -2.18. The molecule has 0 spiro atoms. The maximum atomic E-state index is 11.2. The molecule has 0 radical (unpaired) electrons. The number of methoxy groups -OCH3 is 1. The number of aryl methyl sites for hydroxylation is 2. The van der Waals surface area contributed by atoms with Crippen molar-refractivity contribution in [1.29, 1.82) is 0 Å². The summed E-state index contributed by atoms with van der Waals surface area (Å²) in [5.74, 6) is -0.486. The van der Waals surface area contributed by atoms with Gasteiger partial charge >= 0.3 is 5.97 Å². The predicted molar refractivity (Wildman–Crippen MR) is 63.0 cm³/mol. The minimum Gasteiger partial charge on any atom is -0.464 e. The van der Waals surface area contributed by atoms with Gasteiger partial charge < -0.3 is 4.74 Å². The highest BCUT2D eigenvalue weighted by molar-refractivity contribution is 5.86. The zero-order chi connectivity index (χ0) is 13.1. The van der Waals surface area contributed by atoms with Crippen molar-refractivity contribution in [3.05, 3.63) is 29.3 Å². The van der Waals surface area contributed by atoms with E-state index < -0.39 is 5.97 Å². The van der Waals surface area contributed by atoms with Gasteiger partial charge in [0.05, 0.1) is 31.2 Å². The van der Waals surface area contributed by atoms with Crippen molar-refractivity contribution in [3.63, 3.8) is 0 Å². The summed E-state index contributed by atoms with van der Waals surface area (Å²) >= 11 is 0. The first-order valence-corrected chi connectivity index (χ1v) is 5.64. The molecule has 0 aliphatic rings. The summed E-state index contributed by atoms with van der Waals surface area (Å²) in [7, 11) is 3.20. The van der Waals surface area contributed by atoms with E-state index in [-0.39, 0.29) is 5.69 Å². The number of carbonyl (C=O) groups excluding carboxylic acids is 1. The fourth-order valence-corrected chi connectivity index (χ4v) is 1.63. The van der Waals surface area contributed by atoms with Crippen LogP contribution in [0.2, 0.25) is 0 Å². The van der Waals surface area contributed by atoms with Gasteiger partial charge in [0, 0.05) is 7.05 Å². The Labute approximate surface area is 104 Å². The molecule has 18 heavy (non-hydrogen) atoms. The maximum Gasteiger partial charge on any atom is 0.360 e. The first kappa shape index (κ1) is 12.3. The molecule has 0 saturated carbocycles. The quantitative estimate of drug-likeness (QED) is 0.734. The van der Waals surface area contributed by atoms with E-state index in [0.717, 1.165) is 17.8 Å². The molecule has 2 heterocycles. The molecule has 0 fully saturated rings. The number of ether oxygens (including phenoxy) is 1. The van der Waals surface area contributed by atoms with Crippen LogP contribution in [0.5, 0.6) is 0 Å². The Bertz CT molecular complexity index is 558. The van der Waals surface area contributed by atoms with Gasteiger partial charge in [-0.05, 0) is 12.5 Å². The summed E-state index contributed by atoms with van der Waals surface area (Å²) < 4.78 is 7.96. The lowest BCUT2D eigenvalue weighted by molar-refractivity contribution is 0.0594. The van der Waals surface area contributed by atoms with Crippen LogP contribution in [0.4, 0.5) is 0 Å². The summed E-state index contributed by atoms with van der Waals surface area (Å²) in [6, 6.07) is 2.01. The molecule has 0 amide bonds. The van der Waals surface area contributed by atoms with Gasteiger partial charge in [-0.15, -0.1) is 5.10 Å². The van der Waals surface area contributed by atoms with E-state index in [0.29, 0.717) is 6.54 Å². The number of carbonyl (C=O) groups is 1. The van der Waals surface area contributed by atoms with Crippen LogP contribution in [0.15, 0.2) is 12.3 Å². The second-order valence-electron chi connectivity index (χ2n) is 3.90. The molecule has 0 N–H and O–H groups in total. The Balaban J connectivity index is 2.15. The number of hydrogen-bond donors (Lipinski definition) is 0. The first-order chi connectivity index (χ1) is 8.63. The molecule has 7 nitrogen and oxygen atoms in total. The van der Waals surface area contributed by atoms with Crippen molar-refractivity contribution in [2.45, 2.75) is 19.9 Å². The molecule has 2 rings (SSSR count). The molecular formula is C11H15N5O2. The van der Waals surface area contributed by atoms with Gasteiger partial charge in [0.2, 0.25) is 0 Å². The highest BCUT2D eigenvalue weighted by atomic mass is 16.5. The molecular weight excluding hydrogens is 234 g/mol. The molecule has 2 aromatic heterocycles. The van der Waals surface area contributed by atoms with Crippen LogP contribution in [0, 0.1) is 0 Å². The first-order valence-electron chi connectivity index (χ1n) is 5.64. The average molecular weight is 249 g/mol. The smallest absolute Gasteiger partial charge is 0.360 e. The van der Waals surface area contributed by atoms with Crippen molar-refractivity contribution in [2.75, 3.05) is 7.11 Å². The molecule has 0 saturated heterocycles. The minimum atomic E-state index is -0.486. The lowest BCUT2D eigenvalue weighted by atomic mass is 10.3. The normalized spacial score (nSPS) is 10.6. The van der Waals surface area contributed by atoms with Crippen LogP contribution in [0.25, 0.3) is 0 Å². The second kappa shape index (κ2) is 4.99. The number of nitrogens with zero attached hydrogens (tertiary/aromatic N) is 5. The van der Waals surface area contributed by atoms with E-state index in [1.807, 2.05) is 13.1 Å². The van der Waals surface area contributed by atoms with Crippen LogP contribution in [0.1, 0.15) is 28.8 Å². The zero-order valence-electron chi connectivity index (χ0n) is 10.6. The third kappa shape index (κ3) is 2.39. The molecule has 0 aliphatic carbocycles. The number of aromatic nitrogens is 5. The second-order valence-corrected chi connectivity index (χ2v) is 3.90. The maximum absolute atomic E-state index is 11.2. The summed E-state index contributed by atoms with van der Waals surface area (Å²) in [5, 5.41) is 12.0. The van der Waals surface area contributed by atoms with E-state index in [2.05, 4.69) is 27.1 Å². The lowest BCUT2D eigenvalue weighted by Gasteiger charge is -2.00. The highest BCUT2D eigenvalue weighted by Gasteiger charge is 2.12. The van der Waals surface area contributed by atoms with E-state index in [4.69, 9.17) is 0 Å². The third-order valence-corrected chi connectivity index (χ3v) is 2.65. The van der Waals surface area contributed by atoms with E-state index in [9.17, 15) is 4.79 Å². The fourth-order valence-electron chi connectivity index (χ4n) is 1.63. The Kier molecular flexibility index (Phi) is 3.40. The molecule has 2 aromatic rings. The third-order valence-electron chi connectivity index (χ3n) is 2.65. The minimum absolute atomic E-state index is 0.204. The Morgan fingerprint density at radius 1 is 1.50 bits per heavy atom. The summed E-state index contributed by atoms with van der Waals surface area (Å²) in [4.78, 5) is 11.2. The number of rotatable bonds is 4. The zero-order valence-corrected chi connectivity index (χ0v) is 10.6. The van der Waals surface area contributed by atoms with E-state index in [1.165, 1.54) is 7.11 Å². The summed E-state index contributed by atoms with van der Waals surface area (Å²) in [6.07, 6.45) is 2.45. The van der Waals surface area contributed by atoms with Gasteiger partial charge in [-0.25, -0.2) is 9.48 Å². The molecule has 0 aromatic carbocycles. The van der Waals surface area contributed by atoms with Crippen LogP contribution in [-0.4, -0.2) is 37.9 Å². The van der Waals surface area contributed by atoms with Crippen molar-refractivity contribution in [2.24, 2.45) is 7.05 Å². The molecule has 96 valence electrons. The Morgan fingerprint density at radius 2 is 2.28 bits per heavy atom. The summed E-state index contributed by atoms with van der Waals surface area (Å²) in [5.41, 5.74) is 2.24. The topological polar surface area (TPSA) is 74.8 Å². The average Bonchev–Trinajstić information content (AvgIpc) is 2.97. The van der Waals surface area contributed by atoms with Crippen LogP contribution in [-0.2, 0) is 24.8 Å². The fraction of sp³-hybridized carbons (Fsp3) is 0.455. The van der Waals surface area contributed by atoms with Crippen molar-refractivity contribution in [3.8, 4) is 0 Å². The summed E-state index contributed by atoms with van der Waals surface area (Å²) in [6.45, 7) is 2.57. The lowest BCUT2D eigenvalue weighted by Crippen LogP contribution is -2.06. The van der Waals surface area contributed by atoms with Crippen molar-refractivity contribution >= 4 is 5.97 Å². The Morgan fingerprint density at radius 3 is 2.89 bits per heavy atom. The van der Waals surface area contributed by atoms with Crippen LogP contribution >= 0.6 is 0 Å². The monoisotopic (exact) mass is 249 g/mol. The van der Waals surface area contributed by atoms with Gasteiger partial charge in [0.25, 0.3) is 0 Å². The largest absolute Gasteiger partial charge is 0.464 e. The highest BCUT2D eigenvalue weighted by Crippen LogP contribution is 2.06.